The Balaban J connectivity index is 1.68. The highest BCUT2D eigenvalue weighted by Gasteiger charge is 2.47. The molecule has 3 rings (SSSR count). The van der Waals surface area contributed by atoms with Gasteiger partial charge >= 0.3 is 0 Å². The number of halogens is 2. The summed E-state index contributed by atoms with van der Waals surface area (Å²) in [5.41, 5.74) is 0.812. The maximum Gasteiger partial charge on any atom is 0.226 e. The molecule has 0 saturated heterocycles. The average Bonchev–Trinajstić information content (AvgIpc) is 3.26. The second kappa shape index (κ2) is 5.99. The molecule has 23 heavy (non-hydrogen) atoms. The van der Waals surface area contributed by atoms with Crippen LogP contribution in [0.4, 0.5) is 8.78 Å². The van der Waals surface area contributed by atoms with Gasteiger partial charge in [0.2, 0.25) is 5.91 Å². The van der Waals surface area contributed by atoms with Crippen LogP contribution in [0.2, 0.25) is 0 Å². The molecule has 1 N–H and O–H groups in total. The first-order valence-corrected chi connectivity index (χ1v) is 7.44. The van der Waals surface area contributed by atoms with Gasteiger partial charge in [-0.2, -0.15) is 0 Å². The third-order valence-electron chi connectivity index (χ3n) is 4.18. The van der Waals surface area contributed by atoms with Crippen molar-refractivity contribution in [2.24, 2.45) is 5.92 Å². The molecule has 2 aromatic carbocycles. The van der Waals surface area contributed by atoms with E-state index in [1.807, 2.05) is 6.07 Å². The van der Waals surface area contributed by atoms with Gasteiger partial charge in [0.05, 0.1) is 0 Å². The van der Waals surface area contributed by atoms with E-state index in [-0.39, 0.29) is 23.1 Å². The van der Waals surface area contributed by atoms with Gasteiger partial charge in [-0.05, 0) is 36.2 Å². The van der Waals surface area contributed by atoms with Crippen LogP contribution in [0.25, 0.3) is 0 Å². The van der Waals surface area contributed by atoms with E-state index < -0.39 is 17.6 Å². The van der Waals surface area contributed by atoms with Crippen molar-refractivity contribution in [2.45, 2.75) is 18.9 Å². The molecule has 0 aliphatic heterocycles. The maximum atomic E-state index is 13.8. The third-order valence-corrected chi connectivity index (χ3v) is 4.18. The highest BCUT2D eigenvalue weighted by molar-refractivity contribution is 5.82. The molecule has 0 bridgehead atoms. The zero-order chi connectivity index (χ0) is 16.6. The fraction of sp³-hybridized carbons (Fsp3) is 0.278. The van der Waals surface area contributed by atoms with Crippen LogP contribution in [-0.2, 0) is 11.3 Å². The SMILES string of the molecule is CN(Cc1cccc(O)c1)C(=O)[C@@H]1C[C@H]1c1c(F)cccc1F. The smallest absolute Gasteiger partial charge is 0.226 e. The molecule has 1 aliphatic rings. The minimum atomic E-state index is -0.596. The number of phenols is 1. The highest BCUT2D eigenvalue weighted by Crippen LogP contribution is 2.50. The number of rotatable bonds is 4. The Bertz CT molecular complexity index is 727. The van der Waals surface area contributed by atoms with Crippen molar-refractivity contribution in [1.29, 1.82) is 0 Å². The second-order valence-electron chi connectivity index (χ2n) is 5.95. The first-order chi connectivity index (χ1) is 11.0. The molecule has 0 spiro atoms. The molecular formula is C18H17F2NO2. The molecule has 2 atom stereocenters. The first kappa shape index (κ1) is 15.5. The van der Waals surface area contributed by atoms with Crippen LogP contribution in [0.15, 0.2) is 42.5 Å². The van der Waals surface area contributed by atoms with Gasteiger partial charge in [-0.25, -0.2) is 8.78 Å². The maximum absolute atomic E-state index is 13.8. The van der Waals surface area contributed by atoms with Crippen LogP contribution in [0, 0.1) is 17.6 Å². The van der Waals surface area contributed by atoms with Crippen molar-refractivity contribution < 1.29 is 18.7 Å². The van der Waals surface area contributed by atoms with Crippen LogP contribution in [0.5, 0.6) is 5.75 Å². The summed E-state index contributed by atoms with van der Waals surface area (Å²) >= 11 is 0. The molecule has 5 heteroatoms. The van der Waals surface area contributed by atoms with Crippen molar-refractivity contribution in [2.75, 3.05) is 7.05 Å². The van der Waals surface area contributed by atoms with Crippen molar-refractivity contribution in [3.63, 3.8) is 0 Å². The molecule has 1 fully saturated rings. The molecule has 0 unspecified atom stereocenters. The molecule has 0 radical (unpaired) electrons. The van der Waals surface area contributed by atoms with Crippen LogP contribution >= 0.6 is 0 Å². The molecule has 0 heterocycles. The standard InChI is InChI=1S/C18H17F2NO2/c1-21(10-11-4-2-5-12(22)8-11)18(23)14-9-13(14)17-15(19)6-3-7-16(17)20/h2-8,13-14,22H,9-10H2,1H3/t13-,14-/m1/s1. The summed E-state index contributed by atoms with van der Waals surface area (Å²) in [6.45, 7) is 0.343. The van der Waals surface area contributed by atoms with E-state index in [2.05, 4.69) is 0 Å². The molecule has 1 aliphatic carbocycles. The zero-order valence-corrected chi connectivity index (χ0v) is 12.7. The number of aromatic hydroxyl groups is 1. The third kappa shape index (κ3) is 3.18. The van der Waals surface area contributed by atoms with E-state index in [1.54, 1.807) is 25.2 Å². The van der Waals surface area contributed by atoms with Crippen molar-refractivity contribution in [1.82, 2.24) is 4.90 Å². The Morgan fingerprint density at radius 2 is 1.87 bits per heavy atom. The van der Waals surface area contributed by atoms with Gasteiger partial charge in [0.25, 0.3) is 0 Å². The number of amides is 1. The summed E-state index contributed by atoms with van der Waals surface area (Å²) in [5, 5.41) is 9.45. The van der Waals surface area contributed by atoms with E-state index in [0.29, 0.717) is 13.0 Å². The summed E-state index contributed by atoms with van der Waals surface area (Å²) in [6.07, 6.45) is 0.459. The number of benzene rings is 2. The Kier molecular flexibility index (Phi) is 4.03. The highest BCUT2D eigenvalue weighted by atomic mass is 19.1. The molecule has 1 saturated carbocycles. The van der Waals surface area contributed by atoms with Gasteiger partial charge in [0, 0.05) is 31.0 Å². The fourth-order valence-corrected chi connectivity index (χ4v) is 2.94. The lowest BCUT2D eigenvalue weighted by molar-refractivity contribution is -0.131. The van der Waals surface area contributed by atoms with E-state index in [0.717, 1.165) is 5.56 Å². The lowest BCUT2D eigenvalue weighted by atomic mass is 10.1. The molecule has 120 valence electrons. The second-order valence-corrected chi connectivity index (χ2v) is 5.95. The van der Waals surface area contributed by atoms with Crippen LogP contribution in [0.1, 0.15) is 23.5 Å². The van der Waals surface area contributed by atoms with E-state index in [1.165, 1.54) is 23.1 Å². The number of carbonyl (C=O) groups is 1. The first-order valence-electron chi connectivity index (χ1n) is 7.44. The number of carbonyl (C=O) groups excluding carboxylic acids is 1. The van der Waals surface area contributed by atoms with Crippen LogP contribution in [-0.4, -0.2) is 23.0 Å². The lowest BCUT2D eigenvalue weighted by Crippen LogP contribution is -2.28. The normalized spacial score (nSPS) is 19.4. The Hall–Kier alpha value is -2.43. The fourth-order valence-electron chi connectivity index (χ4n) is 2.94. The van der Waals surface area contributed by atoms with Crippen molar-refractivity contribution in [3.8, 4) is 5.75 Å². The van der Waals surface area contributed by atoms with Crippen molar-refractivity contribution in [3.05, 3.63) is 65.2 Å². The average molecular weight is 317 g/mol. The molecule has 0 aromatic heterocycles. The van der Waals surface area contributed by atoms with Gasteiger partial charge in [-0.3, -0.25) is 4.79 Å². The van der Waals surface area contributed by atoms with Gasteiger partial charge in [-0.1, -0.05) is 18.2 Å². The minimum absolute atomic E-state index is 0.0107. The van der Waals surface area contributed by atoms with E-state index in [9.17, 15) is 18.7 Å². The summed E-state index contributed by atoms with van der Waals surface area (Å²) in [4.78, 5) is 13.9. The molecule has 3 nitrogen and oxygen atoms in total. The lowest BCUT2D eigenvalue weighted by Gasteiger charge is -2.17. The number of phenolic OH excluding ortho intramolecular Hbond substituents is 1. The summed E-state index contributed by atoms with van der Waals surface area (Å²) in [7, 11) is 1.65. The monoisotopic (exact) mass is 317 g/mol. The number of nitrogens with zero attached hydrogens (tertiary/aromatic N) is 1. The molecule has 1 amide bonds. The quantitative estimate of drug-likeness (QED) is 0.938. The Labute approximate surface area is 133 Å². The van der Waals surface area contributed by atoms with Gasteiger partial charge < -0.3 is 10.0 Å². The minimum Gasteiger partial charge on any atom is -0.508 e. The summed E-state index contributed by atoms with van der Waals surface area (Å²) in [6, 6.07) is 10.4. The van der Waals surface area contributed by atoms with Crippen LogP contribution in [0.3, 0.4) is 0 Å². The number of hydrogen-bond acceptors (Lipinski definition) is 2. The van der Waals surface area contributed by atoms with Gasteiger partial charge in [-0.15, -0.1) is 0 Å². The predicted octanol–water partition coefficient (Wildman–Crippen LogP) is 3.43. The topological polar surface area (TPSA) is 40.5 Å². The largest absolute Gasteiger partial charge is 0.508 e. The van der Waals surface area contributed by atoms with Crippen molar-refractivity contribution >= 4 is 5.91 Å². The Morgan fingerprint density at radius 3 is 2.52 bits per heavy atom. The molecular weight excluding hydrogens is 300 g/mol. The predicted molar refractivity (Wildman–Crippen MR) is 81.8 cm³/mol. The molecule has 2 aromatic rings. The van der Waals surface area contributed by atoms with Gasteiger partial charge in [0.1, 0.15) is 17.4 Å². The Morgan fingerprint density at radius 1 is 1.22 bits per heavy atom. The summed E-state index contributed by atoms with van der Waals surface area (Å²) < 4.78 is 27.6. The number of hydrogen-bond donors (Lipinski definition) is 1. The summed E-state index contributed by atoms with van der Waals surface area (Å²) in [5.74, 6) is -1.97. The van der Waals surface area contributed by atoms with E-state index in [4.69, 9.17) is 0 Å². The zero-order valence-electron chi connectivity index (χ0n) is 12.7. The van der Waals surface area contributed by atoms with Gasteiger partial charge in [0.15, 0.2) is 0 Å². The van der Waals surface area contributed by atoms with E-state index >= 15 is 0 Å². The van der Waals surface area contributed by atoms with Crippen LogP contribution < -0.4 is 0 Å².